The number of fused-ring (bicyclic) bond motifs is 1. The van der Waals surface area contributed by atoms with Crippen LogP contribution in [0.15, 0.2) is 57.4 Å². The van der Waals surface area contributed by atoms with E-state index in [1.54, 1.807) is 11.3 Å². The third-order valence-electron chi connectivity index (χ3n) is 4.42. The first kappa shape index (κ1) is 18.8. The Hall–Kier alpha value is -2.58. The van der Waals surface area contributed by atoms with E-state index in [9.17, 15) is 4.79 Å². The topological polar surface area (TPSA) is 73.0 Å². The molecule has 0 spiro atoms. The van der Waals surface area contributed by atoms with Crippen LogP contribution in [0.2, 0.25) is 0 Å². The van der Waals surface area contributed by atoms with Gasteiger partial charge in [-0.25, -0.2) is 0 Å². The third-order valence-corrected chi connectivity index (χ3v) is 6.32. The fourth-order valence-corrected chi connectivity index (χ4v) is 4.34. The van der Waals surface area contributed by atoms with Crippen LogP contribution in [0, 0.1) is 0 Å². The molecular formula is C20H20N4O2S2. The van der Waals surface area contributed by atoms with Crippen LogP contribution in [0.4, 0.5) is 0 Å². The van der Waals surface area contributed by atoms with Crippen molar-refractivity contribution in [2.45, 2.75) is 24.5 Å². The Morgan fingerprint density at radius 3 is 2.93 bits per heavy atom. The first-order valence-electron chi connectivity index (χ1n) is 8.91. The molecule has 0 aliphatic carbocycles. The van der Waals surface area contributed by atoms with E-state index in [2.05, 4.69) is 27.0 Å². The van der Waals surface area contributed by atoms with Crippen LogP contribution < -0.4 is 5.32 Å². The molecule has 4 aromatic rings. The number of carbonyl (C=O) groups excluding carboxylic acids is 1. The number of para-hydroxylation sites is 1. The van der Waals surface area contributed by atoms with Crippen LogP contribution in [-0.2, 0) is 18.3 Å². The maximum Gasteiger partial charge on any atom is 0.231 e. The summed E-state index contributed by atoms with van der Waals surface area (Å²) in [5, 5.41) is 15.3. The van der Waals surface area contributed by atoms with Crippen LogP contribution in [-0.4, -0.2) is 26.4 Å². The second-order valence-corrected chi connectivity index (χ2v) is 8.45. The second-order valence-electron chi connectivity index (χ2n) is 6.48. The molecule has 144 valence electrons. The van der Waals surface area contributed by atoms with E-state index in [1.807, 2.05) is 54.9 Å². The molecule has 1 amide bonds. The number of aromatic nitrogens is 3. The van der Waals surface area contributed by atoms with Gasteiger partial charge < -0.3 is 14.3 Å². The molecule has 4 rings (SSSR count). The van der Waals surface area contributed by atoms with E-state index in [0.29, 0.717) is 0 Å². The molecule has 1 atom stereocenters. The van der Waals surface area contributed by atoms with E-state index < -0.39 is 0 Å². The van der Waals surface area contributed by atoms with Crippen molar-refractivity contribution >= 4 is 40.0 Å². The van der Waals surface area contributed by atoms with Gasteiger partial charge in [-0.3, -0.25) is 4.79 Å². The van der Waals surface area contributed by atoms with Crippen LogP contribution in [0.3, 0.4) is 0 Å². The van der Waals surface area contributed by atoms with Gasteiger partial charge in [0.05, 0.1) is 11.8 Å². The number of nitrogens with one attached hydrogen (secondary N) is 1. The van der Waals surface area contributed by atoms with Crippen molar-refractivity contribution < 1.29 is 9.21 Å². The van der Waals surface area contributed by atoms with Gasteiger partial charge in [-0.1, -0.05) is 36.0 Å². The quantitative estimate of drug-likeness (QED) is 0.461. The van der Waals surface area contributed by atoms with E-state index in [1.165, 1.54) is 16.6 Å². The molecule has 0 saturated carbocycles. The largest absolute Gasteiger partial charge is 0.459 e. The third kappa shape index (κ3) is 4.13. The molecule has 0 unspecified atom stereocenters. The van der Waals surface area contributed by atoms with E-state index in [4.69, 9.17) is 4.42 Å². The number of benzene rings is 1. The summed E-state index contributed by atoms with van der Waals surface area (Å²) in [6, 6.07) is 13.7. The SMILES string of the molecule is C[C@@H](NC(=O)CSc1nnc(Cc2cccs2)n1C)c1cc2ccccc2o1. The van der Waals surface area contributed by atoms with Gasteiger partial charge in [0.15, 0.2) is 5.16 Å². The zero-order valence-corrected chi connectivity index (χ0v) is 17.2. The van der Waals surface area contributed by atoms with Gasteiger partial charge in [0.2, 0.25) is 5.91 Å². The molecule has 0 aliphatic heterocycles. The van der Waals surface area contributed by atoms with Crippen LogP contribution in [0.25, 0.3) is 11.0 Å². The molecule has 8 heteroatoms. The zero-order chi connectivity index (χ0) is 19.5. The zero-order valence-electron chi connectivity index (χ0n) is 15.6. The smallest absolute Gasteiger partial charge is 0.231 e. The van der Waals surface area contributed by atoms with Gasteiger partial charge in [-0.05, 0) is 30.5 Å². The predicted molar refractivity (Wildman–Crippen MR) is 112 cm³/mol. The number of hydrogen-bond donors (Lipinski definition) is 1. The van der Waals surface area contributed by atoms with Crippen LogP contribution in [0.5, 0.6) is 0 Å². The van der Waals surface area contributed by atoms with Crippen molar-refractivity contribution in [3.05, 3.63) is 64.3 Å². The normalized spacial score (nSPS) is 12.4. The minimum absolute atomic E-state index is 0.0687. The highest BCUT2D eigenvalue weighted by molar-refractivity contribution is 7.99. The van der Waals surface area contributed by atoms with Crippen molar-refractivity contribution in [3.8, 4) is 0 Å². The molecule has 3 aromatic heterocycles. The first-order chi connectivity index (χ1) is 13.6. The standard InChI is InChI=1S/C20H20N4O2S2/c1-13(17-10-14-6-3-4-8-16(14)26-17)21-19(25)12-28-20-23-22-18(24(20)2)11-15-7-5-9-27-15/h3-10,13H,11-12H2,1-2H3,(H,21,25)/t13-/m1/s1. The van der Waals surface area contributed by atoms with E-state index >= 15 is 0 Å². The average molecular weight is 413 g/mol. The lowest BCUT2D eigenvalue weighted by atomic mass is 10.2. The number of hydrogen-bond acceptors (Lipinski definition) is 6. The Balaban J connectivity index is 1.33. The van der Waals surface area contributed by atoms with Gasteiger partial charge in [0.1, 0.15) is 17.2 Å². The summed E-state index contributed by atoms with van der Waals surface area (Å²) in [5.41, 5.74) is 0.824. The molecule has 0 aliphatic rings. The average Bonchev–Trinajstić information content (AvgIpc) is 3.42. The highest BCUT2D eigenvalue weighted by Gasteiger charge is 2.16. The number of thioether (sulfide) groups is 1. The highest BCUT2D eigenvalue weighted by atomic mass is 32.2. The minimum Gasteiger partial charge on any atom is -0.459 e. The number of amides is 1. The molecule has 1 N–H and O–H groups in total. The van der Waals surface area contributed by atoms with Crippen LogP contribution >= 0.6 is 23.1 Å². The maximum absolute atomic E-state index is 12.4. The van der Waals surface area contributed by atoms with Crippen LogP contribution in [0.1, 0.15) is 29.4 Å². The Morgan fingerprint density at radius 2 is 2.14 bits per heavy atom. The molecule has 0 saturated heterocycles. The minimum atomic E-state index is -0.200. The van der Waals surface area contributed by atoms with Crippen molar-refractivity contribution in [1.82, 2.24) is 20.1 Å². The lowest BCUT2D eigenvalue weighted by molar-refractivity contribution is -0.119. The molecule has 6 nitrogen and oxygen atoms in total. The number of carbonyl (C=O) groups is 1. The highest BCUT2D eigenvalue weighted by Crippen LogP contribution is 2.24. The molecule has 0 fully saturated rings. The van der Waals surface area contributed by atoms with Gasteiger partial charge in [-0.15, -0.1) is 21.5 Å². The van der Waals surface area contributed by atoms with E-state index in [-0.39, 0.29) is 17.7 Å². The number of furan rings is 1. The summed E-state index contributed by atoms with van der Waals surface area (Å²) in [5.74, 6) is 1.84. The van der Waals surface area contributed by atoms with Crippen molar-refractivity contribution in [2.24, 2.45) is 7.05 Å². The van der Waals surface area contributed by atoms with Crippen molar-refractivity contribution in [1.29, 1.82) is 0 Å². The summed E-state index contributed by atoms with van der Waals surface area (Å²) in [4.78, 5) is 13.6. The maximum atomic E-state index is 12.4. The summed E-state index contributed by atoms with van der Waals surface area (Å²) in [7, 11) is 1.93. The fraction of sp³-hybridized carbons (Fsp3) is 0.250. The molecule has 0 radical (unpaired) electrons. The number of thiophene rings is 1. The molecule has 0 bridgehead atoms. The lowest BCUT2D eigenvalue weighted by Crippen LogP contribution is -2.28. The van der Waals surface area contributed by atoms with Crippen molar-refractivity contribution in [3.63, 3.8) is 0 Å². The summed E-state index contributed by atoms with van der Waals surface area (Å²) < 4.78 is 7.76. The molecule has 28 heavy (non-hydrogen) atoms. The van der Waals surface area contributed by atoms with Gasteiger partial charge in [0.25, 0.3) is 0 Å². The Labute approximate surface area is 171 Å². The van der Waals surface area contributed by atoms with Crippen molar-refractivity contribution in [2.75, 3.05) is 5.75 Å². The number of rotatable bonds is 7. The lowest BCUT2D eigenvalue weighted by Gasteiger charge is -2.11. The summed E-state index contributed by atoms with van der Waals surface area (Å²) >= 11 is 3.08. The second kappa shape index (κ2) is 8.20. The van der Waals surface area contributed by atoms with E-state index in [0.717, 1.165) is 34.1 Å². The van der Waals surface area contributed by atoms with Gasteiger partial charge >= 0.3 is 0 Å². The number of nitrogens with zero attached hydrogens (tertiary/aromatic N) is 3. The Bertz CT molecular complexity index is 1050. The molecular weight excluding hydrogens is 392 g/mol. The van der Waals surface area contributed by atoms with Gasteiger partial charge in [0, 0.05) is 23.7 Å². The molecule has 3 heterocycles. The molecule has 1 aromatic carbocycles. The first-order valence-corrected chi connectivity index (χ1v) is 10.8. The Kier molecular flexibility index (Phi) is 5.50. The summed E-state index contributed by atoms with van der Waals surface area (Å²) in [6.45, 7) is 1.92. The summed E-state index contributed by atoms with van der Waals surface area (Å²) in [6.07, 6.45) is 0.747. The predicted octanol–water partition coefficient (Wildman–Crippen LogP) is 4.18. The van der Waals surface area contributed by atoms with Gasteiger partial charge in [-0.2, -0.15) is 0 Å². The monoisotopic (exact) mass is 412 g/mol. The fourth-order valence-electron chi connectivity index (χ4n) is 2.89. The Morgan fingerprint density at radius 1 is 1.29 bits per heavy atom.